The Labute approximate surface area is 103 Å². The fourth-order valence-corrected chi connectivity index (χ4v) is 1.63. The first-order valence-corrected chi connectivity index (χ1v) is 5.35. The summed E-state index contributed by atoms with van der Waals surface area (Å²) < 4.78 is 1.23. The predicted octanol–water partition coefficient (Wildman–Crippen LogP) is -0.762. The van der Waals surface area contributed by atoms with E-state index in [2.05, 4.69) is 10.4 Å². The van der Waals surface area contributed by atoms with E-state index in [1.807, 2.05) is 11.5 Å². The third-order valence-corrected chi connectivity index (χ3v) is 2.50. The molecule has 1 aromatic heterocycles. The molecule has 0 fully saturated rings. The molecule has 1 amide bonds. The van der Waals surface area contributed by atoms with Gasteiger partial charge in [-0.1, -0.05) is 12.1 Å². The van der Waals surface area contributed by atoms with Gasteiger partial charge in [-0.25, -0.2) is 15.5 Å². The summed E-state index contributed by atoms with van der Waals surface area (Å²) >= 11 is 0. The van der Waals surface area contributed by atoms with Gasteiger partial charge in [-0.3, -0.25) is 15.0 Å². The second kappa shape index (κ2) is 4.84. The molecule has 0 unspecified atom stereocenters. The maximum Gasteiger partial charge on any atom is 0.279 e. The van der Waals surface area contributed by atoms with Gasteiger partial charge in [0.2, 0.25) is 0 Å². The number of amides is 1. The molecule has 1 heterocycles. The normalized spacial score (nSPS) is 10.3. The summed E-state index contributed by atoms with van der Waals surface area (Å²) in [5.74, 6) is 5.01. The number of hydrogen-bond acceptors (Lipinski definition) is 5. The van der Waals surface area contributed by atoms with Crippen LogP contribution in [0.25, 0.3) is 10.9 Å². The van der Waals surface area contributed by atoms with Crippen LogP contribution < -0.4 is 22.3 Å². The average molecular weight is 247 g/mol. The number of aryl methyl sites for hydroxylation is 1. The van der Waals surface area contributed by atoms with E-state index in [1.54, 1.807) is 25.1 Å². The molecule has 0 aliphatic rings. The summed E-state index contributed by atoms with van der Waals surface area (Å²) in [4.78, 5) is 27.5. The molecule has 0 spiro atoms. The quantitative estimate of drug-likeness (QED) is 0.376. The van der Waals surface area contributed by atoms with Gasteiger partial charge in [0.1, 0.15) is 12.4 Å². The number of carbonyl (C=O) groups is 1. The minimum Gasteiger partial charge on any atom is -0.312 e. The number of nitrogens with one attached hydrogen (secondary N) is 2. The molecule has 0 saturated carbocycles. The standard InChI is InChI=1S/C11H13N5O2/c1-7-14-9-5-3-2-4-8(9)11(18)16(7)13-6-10(17)15-12/h2-5,13H,6,12H2,1H3,(H,15,17). The maximum atomic E-state index is 12.1. The van der Waals surface area contributed by atoms with Gasteiger partial charge >= 0.3 is 0 Å². The monoisotopic (exact) mass is 247 g/mol. The molecule has 1 aromatic carbocycles. The van der Waals surface area contributed by atoms with Crippen molar-refractivity contribution < 1.29 is 4.79 Å². The molecule has 0 radical (unpaired) electrons. The van der Waals surface area contributed by atoms with Gasteiger partial charge in [0.25, 0.3) is 11.5 Å². The number of para-hydroxylation sites is 1. The summed E-state index contributed by atoms with van der Waals surface area (Å²) in [7, 11) is 0. The molecule has 2 aromatic rings. The first-order valence-electron chi connectivity index (χ1n) is 5.35. The fourth-order valence-electron chi connectivity index (χ4n) is 1.63. The Morgan fingerprint density at radius 1 is 1.44 bits per heavy atom. The van der Waals surface area contributed by atoms with Gasteiger partial charge in [0.15, 0.2) is 0 Å². The Balaban J connectivity index is 2.44. The molecule has 0 saturated heterocycles. The van der Waals surface area contributed by atoms with Crippen LogP contribution in [0.4, 0.5) is 0 Å². The molecule has 0 aliphatic heterocycles. The second-order valence-corrected chi connectivity index (χ2v) is 3.72. The van der Waals surface area contributed by atoms with E-state index in [-0.39, 0.29) is 12.1 Å². The van der Waals surface area contributed by atoms with Crippen molar-refractivity contribution in [2.45, 2.75) is 6.92 Å². The molecule has 2 rings (SSSR count). The van der Waals surface area contributed by atoms with E-state index in [4.69, 9.17) is 5.84 Å². The van der Waals surface area contributed by atoms with Crippen molar-refractivity contribution in [2.75, 3.05) is 12.0 Å². The van der Waals surface area contributed by atoms with Crippen LogP contribution in [0, 0.1) is 6.92 Å². The number of carbonyl (C=O) groups excluding carboxylic acids is 1. The fraction of sp³-hybridized carbons (Fsp3) is 0.182. The number of fused-ring (bicyclic) bond motifs is 1. The van der Waals surface area contributed by atoms with E-state index in [9.17, 15) is 9.59 Å². The largest absolute Gasteiger partial charge is 0.312 e. The Morgan fingerprint density at radius 2 is 2.17 bits per heavy atom. The van der Waals surface area contributed by atoms with Crippen LogP contribution in [0.3, 0.4) is 0 Å². The molecular formula is C11H13N5O2. The first kappa shape index (κ1) is 12.1. The van der Waals surface area contributed by atoms with E-state index in [1.165, 1.54) is 4.68 Å². The lowest BCUT2D eigenvalue weighted by Gasteiger charge is -2.12. The highest BCUT2D eigenvalue weighted by Gasteiger charge is 2.08. The average Bonchev–Trinajstić information content (AvgIpc) is 2.38. The number of hydrazine groups is 1. The van der Waals surface area contributed by atoms with Crippen LogP contribution in [-0.2, 0) is 4.79 Å². The summed E-state index contributed by atoms with van der Waals surface area (Å²) in [6.45, 7) is 1.58. The molecule has 0 atom stereocenters. The highest BCUT2D eigenvalue weighted by molar-refractivity contribution is 5.79. The number of rotatable bonds is 3. The van der Waals surface area contributed by atoms with Crippen molar-refractivity contribution in [3.8, 4) is 0 Å². The number of hydrogen-bond donors (Lipinski definition) is 3. The topological polar surface area (TPSA) is 102 Å². The lowest BCUT2D eigenvalue weighted by Crippen LogP contribution is -2.41. The molecule has 94 valence electrons. The van der Waals surface area contributed by atoms with Crippen LogP contribution in [0.1, 0.15) is 5.82 Å². The van der Waals surface area contributed by atoms with E-state index in [0.29, 0.717) is 16.7 Å². The Bertz CT molecular complexity index is 649. The number of aromatic nitrogens is 2. The molecule has 7 heteroatoms. The van der Waals surface area contributed by atoms with Crippen molar-refractivity contribution in [3.05, 3.63) is 40.4 Å². The van der Waals surface area contributed by atoms with Crippen LogP contribution in [0.2, 0.25) is 0 Å². The van der Waals surface area contributed by atoms with Gasteiger partial charge < -0.3 is 5.43 Å². The van der Waals surface area contributed by atoms with Crippen molar-refractivity contribution in [1.82, 2.24) is 15.1 Å². The molecule has 7 nitrogen and oxygen atoms in total. The molecule has 18 heavy (non-hydrogen) atoms. The third-order valence-electron chi connectivity index (χ3n) is 2.50. The molecular weight excluding hydrogens is 234 g/mol. The van der Waals surface area contributed by atoms with Crippen LogP contribution in [0.5, 0.6) is 0 Å². The van der Waals surface area contributed by atoms with Crippen LogP contribution in [0.15, 0.2) is 29.1 Å². The highest BCUT2D eigenvalue weighted by atomic mass is 16.2. The number of nitrogens with two attached hydrogens (primary N) is 1. The lowest BCUT2D eigenvalue weighted by molar-refractivity contribution is -0.119. The summed E-state index contributed by atoms with van der Waals surface area (Å²) in [6, 6.07) is 7.03. The second-order valence-electron chi connectivity index (χ2n) is 3.72. The van der Waals surface area contributed by atoms with Gasteiger partial charge in [-0.05, 0) is 19.1 Å². The van der Waals surface area contributed by atoms with Crippen molar-refractivity contribution >= 4 is 16.8 Å². The van der Waals surface area contributed by atoms with Gasteiger partial charge in [0.05, 0.1) is 10.9 Å². The zero-order valence-electron chi connectivity index (χ0n) is 9.80. The Hall–Kier alpha value is -2.41. The van der Waals surface area contributed by atoms with Crippen molar-refractivity contribution in [3.63, 3.8) is 0 Å². The van der Waals surface area contributed by atoms with Gasteiger partial charge in [0, 0.05) is 0 Å². The Morgan fingerprint density at radius 3 is 2.89 bits per heavy atom. The zero-order valence-corrected chi connectivity index (χ0v) is 9.80. The minimum atomic E-state index is -0.422. The summed E-state index contributed by atoms with van der Waals surface area (Å²) in [6.07, 6.45) is 0. The SMILES string of the molecule is Cc1nc2ccccc2c(=O)n1NCC(=O)NN. The number of benzene rings is 1. The number of nitrogens with zero attached hydrogens (tertiary/aromatic N) is 2. The Kier molecular flexibility index (Phi) is 3.24. The van der Waals surface area contributed by atoms with E-state index >= 15 is 0 Å². The zero-order chi connectivity index (χ0) is 13.1. The molecule has 0 aliphatic carbocycles. The summed E-state index contributed by atoms with van der Waals surface area (Å²) in [5.41, 5.74) is 5.03. The van der Waals surface area contributed by atoms with E-state index < -0.39 is 5.91 Å². The van der Waals surface area contributed by atoms with Gasteiger partial charge in [-0.15, -0.1) is 0 Å². The van der Waals surface area contributed by atoms with Crippen molar-refractivity contribution in [1.29, 1.82) is 0 Å². The third kappa shape index (κ3) is 2.16. The smallest absolute Gasteiger partial charge is 0.279 e. The van der Waals surface area contributed by atoms with E-state index in [0.717, 1.165) is 0 Å². The highest BCUT2D eigenvalue weighted by Crippen LogP contribution is 2.06. The maximum absolute atomic E-state index is 12.1. The summed E-state index contributed by atoms with van der Waals surface area (Å²) in [5, 5.41) is 0.490. The molecule has 4 N–H and O–H groups in total. The predicted molar refractivity (Wildman–Crippen MR) is 67.3 cm³/mol. The molecule has 0 bridgehead atoms. The van der Waals surface area contributed by atoms with Crippen molar-refractivity contribution in [2.24, 2.45) is 5.84 Å². The minimum absolute atomic E-state index is 0.0999. The van der Waals surface area contributed by atoms with Crippen LogP contribution >= 0.6 is 0 Å². The van der Waals surface area contributed by atoms with Crippen LogP contribution in [-0.4, -0.2) is 22.1 Å². The lowest BCUT2D eigenvalue weighted by atomic mass is 10.2. The first-order chi connectivity index (χ1) is 8.63. The van der Waals surface area contributed by atoms with Gasteiger partial charge in [-0.2, -0.15) is 0 Å².